The molecule has 0 saturated heterocycles. The van der Waals surface area contributed by atoms with E-state index in [0.29, 0.717) is 0 Å². The molecule has 0 bridgehead atoms. The fourth-order valence-electron chi connectivity index (χ4n) is 1.34. The number of aryl methyl sites for hydroxylation is 1. The van der Waals surface area contributed by atoms with Gasteiger partial charge in [-0.15, -0.1) is 0 Å². The van der Waals surface area contributed by atoms with Crippen LogP contribution < -0.4 is 0 Å². The van der Waals surface area contributed by atoms with Crippen LogP contribution in [-0.4, -0.2) is 19.7 Å². The Labute approximate surface area is 92.9 Å². The average Bonchev–Trinajstić information content (AvgIpc) is 2.67. The van der Waals surface area contributed by atoms with E-state index >= 15 is 0 Å². The SMILES string of the molecule is CCCn1cc(-c2ccnc(Cl)n2)cn1. The van der Waals surface area contributed by atoms with E-state index in [4.69, 9.17) is 11.6 Å². The molecule has 2 heterocycles. The van der Waals surface area contributed by atoms with E-state index in [0.717, 1.165) is 24.2 Å². The zero-order valence-corrected chi connectivity index (χ0v) is 9.15. The highest BCUT2D eigenvalue weighted by molar-refractivity contribution is 6.28. The van der Waals surface area contributed by atoms with Crippen LogP contribution in [0.5, 0.6) is 0 Å². The summed E-state index contributed by atoms with van der Waals surface area (Å²) in [5.74, 6) is 0. The Morgan fingerprint density at radius 2 is 2.33 bits per heavy atom. The molecule has 0 spiro atoms. The van der Waals surface area contributed by atoms with Crippen molar-refractivity contribution in [3.63, 3.8) is 0 Å². The highest BCUT2D eigenvalue weighted by Crippen LogP contribution is 2.16. The molecule has 78 valence electrons. The minimum Gasteiger partial charge on any atom is -0.272 e. The van der Waals surface area contributed by atoms with Crippen LogP contribution in [0.25, 0.3) is 11.3 Å². The molecule has 0 N–H and O–H groups in total. The lowest BCUT2D eigenvalue weighted by molar-refractivity contribution is 0.603. The first kappa shape index (κ1) is 10.1. The maximum atomic E-state index is 5.71. The first-order valence-corrected chi connectivity index (χ1v) is 5.19. The van der Waals surface area contributed by atoms with Crippen molar-refractivity contribution in [1.29, 1.82) is 0 Å². The van der Waals surface area contributed by atoms with Crippen molar-refractivity contribution in [2.75, 3.05) is 0 Å². The monoisotopic (exact) mass is 222 g/mol. The quantitative estimate of drug-likeness (QED) is 0.749. The lowest BCUT2D eigenvalue weighted by Gasteiger charge is -1.96. The molecule has 5 heteroatoms. The molecule has 2 aromatic rings. The number of hydrogen-bond acceptors (Lipinski definition) is 3. The summed E-state index contributed by atoms with van der Waals surface area (Å²) < 4.78 is 1.89. The van der Waals surface area contributed by atoms with E-state index in [1.807, 2.05) is 16.9 Å². The van der Waals surface area contributed by atoms with Crippen molar-refractivity contribution in [3.05, 3.63) is 29.9 Å². The van der Waals surface area contributed by atoms with Crippen molar-refractivity contribution < 1.29 is 0 Å². The van der Waals surface area contributed by atoms with Crippen LogP contribution in [0.3, 0.4) is 0 Å². The van der Waals surface area contributed by atoms with E-state index in [9.17, 15) is 0 Å². The van der Waals surface area contributed by atoms with Gasteiger partial charge in [-0.2, -0.15) is 5.10 Å². The number of halogens is 1. The summed E-state index contributed by atoms with van der Waals surface area (Å²) in [5, 5.41) is 4.49. The number of aromatic nitrogens is 4. The van der Waals surface area contributed by atoms with Gasteiger partial charge in [0.15, 0.2) is 0 Å². The van der Waals surface area contributed by atoms with Crippen LogP contribution >= 0.6 is 11.6 Å². The molecule has 0 saturated carbocycles. The maximum Gasteiger partial charge on any atom is 0.222 e. The highest BCUT2D eigenvalue weighted by Gasteiger charge is 2.03. The van der Waals surface area contributed by atoms with E-state index in [1.54, 1.807) is 12.4 Å². The first-order valence-electron chi connectivity index (χ1n) is 4.81. The Morgan fingerprint density at radius 3 is 3.07 bits per heavy atom. The van der Waals surface area contributed by atoms with Crippen molar-refractivity contribution >= 4 is 11.6 Å². The normalized spacial score (nSPS) is 10.5. The third-order valence-corrected chi connectivity index (χ3v) is 2.19. The Morgan fingerprint density at radius 1 is 1.47 bits per heavy atom. The zero-order valence-electron chi connectivity index (χ0n) is 8.39. The fourth-order valence-corrected chi connectivity index (χ4v) is 1.49. The minimum absolute atomic E-state index is 0.260. The van der Waals surface area contributed by atoms with Gasteiger partial charge in [-0.25, -0.2) is 9.97 Å². The predicted molar refractivity (Wildman–Crippen MR) is 58.6 cm³/mol. The summed E-state index contributed by atoms with van der Waals surface area (Å²) in [6, 6.07) is 1.82. The Kier molecular flexibility index (Phi) is 2.97. The molecule has 0 aromatic carbocycles. The van der Waals surface area contributed by atoms with Crippen LogP contribution in [0.4, 0.5) is 0 Å². The van der Waals surface area contributed by atoms with Crippen molar-refractivity contribution in [2.45, 2.75) is 19.9 Å². The molecule has 2 aromatic heterocycles. The third-order valence-electron chi connectivity index (χ3n) is 2.01. The summed E-state index contributed by atoms with van der Waals surface area (Å²) in [6.07, 6.45) is 6.45. The largest absolute Gasteiger partial charge is 0.272 e. The molecular formula is C10H11ClN4. The Bertz CT molecular complexity index is 452. The number of hydrogen-bond donors (Lipinski definition) is 0. The molecule has 0 aliphatic rings. The van der Waals surface area contributed by atoms with Crippen molar-refractivity contribution in [1.82, 2.24) is 19.7 Å². The lowest BCUT2D eigenvalue weighted by atomic mass is 10.2. The summed E-state index contributed by atoms with van der Waals surface area (Å²) in [5.41, 5.74) is 1.77. The smallest absolute Gasteiger partial charge is 0.222 e. The van der Waals surface area contributed by atoms with Gasteiger partial charge in [-0.1, -0.05) is 6.92 Å². The third kappa shape index (κ3) is 2.33. The molecule has 0 aliphatic carbocycles. The summed E-state index contributed by atoms with van der Waals surface area (Å²) >= 11 is 5.71. The molecule has 0 amide bonds. The number of rotatable bonds is 3. The number of nitrogens with zero attached hydrogens (tertiary/aromatic N) is 4. The first-order chi connectivity index (χ1) is 7.29. The van der Waals surface area contributed by atoms with E-state index in [2.05, 4.69) is 22.0 Å². The Hall–Kier alpha value is -1.42. The zero-order chi connectivity index (χ0) is 10.7. The van der Waals surface area contributed by atoms with Crippen LogP contribution in [0, 0.1) is 0 Å². The Balaban J connectivity index is 2.29. The molecule has 4 nitrogen and oxygen atoms in total. The van der Waals surface area contributed by atoms with Gasteiger partial charge >= 0.3 is 0 Å². The predicted octanol–water partition coefficient (Wildman–Crippen LogP) is 2.40. The lowest BCUT2D eigenvalue weighted by Crippen LogP contribution is -1.95. The maximum absolute atomic E-state index is 5.71. The van der Waals surface area contributed by atoms with Gasteiger partial charge in [-0.3, -0.25) is 4.68 Å². The van der Waals surface area contributed by atoms with Gasteiger partial charge in [0.05, 0.1) is 11.9 Å². The standard InChI is InChI=1S/C10H11ClN4/c1-2-5-15-7-8(6-13-15)9-3-4-12-10(11)14-9/h3-4,6-7H,2,5H2,1H3. The molecule has 0 atom stereocenters. The fraction of sp³-hybridized carbons (Fsp3) is 0.300. The van der Waals surface area contributed by atoms with Crippen LogP contribution in [0.2, 0.25) is 5.28 Å². The summed E-state index contributed by atoms with van der Waals surface area (Å²) in [7, 11) is 0. The molecule has 15 heavy (non-hydrogen) atoms. The van der Waals surface area contributed by atoms with Crippen molar-refractivity contribution in [2.24, 2.45) is 0 Å². The van der Waals surface area contributed by atoms with Gasteiger partial charge in [0.1, 0.15) is 0 Å². The molecule has 2 rings (SSSR count). The second-order valence-electron chi connectivity index (χ2n) is 3.20. The molecular weight excluding hydrogens is 212 g/mol. The highest BCUT2D eigenvalue weighted by atomic mass is 35.5. The summed E-state index contributed by atoms with van der Waals surface area (Å²) in [6.45, 7) is 3.03. The van der Waals surface area contributed by atoms with E-state index < -0.39 is 0 Å². The van der Waals surface area contributed by atoms with Gasteiger partial charge in [0.2, 0.25) is 5.28 Å². The van der Waals surface area contributed by atoms with E-state index in [1.165, 1.54) is 0 Å². The molecule has 0 fully saturated rings. The second-order valence-corrected chi connectivity index (χ2v) is 3.54. The second kappa shape index (κ2) is 4.40. The van der Waals surface area contributed by atoms with Gasteiger partial charge in [0, 0.05) is 24.5 Å². The van der Waals surface area contributed by atoms with E-state index in [-0.39, 0.29) is 5.28 Å². The van der Waals surface area contributed by atoms with Crippen molar-refractivity contribution in [3.8, 4) is 11.3 Å². The van der Waals surface area contributed by atoms with Crippen LogP contribution in [-0.2, 0) is 6.54 Å². The van der Waals surface area contributed by atoms with Gasteiger partial charge < -0.3 is 0 Å². The molecule has 0 radical (unpaired) electrons. The topological polar surface area (TPSA) is 43.6 Å². The van der Waals surface area contributed by atoms with Gasteiger partial charge in [0.25, 0.3) is 0 Å². The van der Waals surface area contributed by atoms with Gasteiger partial charge in [-0.05, 0) is 24.1 Å². The van der Waals surface area contributed by atoms with Crippen LogP contribution in [0.15, 0.2) is 24.7 Å². The summed E-state index contributed by atoms with van der Waals surface area (Å²) in [4.78, 5) is 7.95. The average molecular weight is 223 g/mol. The minimum atomic E-state index is 0.260. The molecule has 0 unspecified atom stereocenters. The van der Waals surface area contributed by atoms with Crippen LogP contribution in [0.1, 0.15) is 13.3 Å². The molecule has 0 aliphatic heterocycles.